The van der Waals surface area contributed by atoms with Gasteiger partial charge in [-0.3, -0.25) is 9.20 Å². The summed E-state index contributed by atoms with van der Waals surface area (Å²) in [6.45, 7) is 8.06. The van der Waals surface area contributed by atoms with Crippen LogP contribution in [0.4, 0.5) is 13.6 Å². The molecule has 9 nitrogen and oxygen atoms in total. The molecule has 1 fully saturated rings. The molecule has 192 valence electrons. The molecule has 3 heterocycles. The molecule has 0 bridgehead atoms. The van der Waals surface area contributed by atoms with E-state index in [2.05, 4.69) is 15.3 Å². The summed E-state index contributed by atoms with van der Waals surface area (Å²) >= 11 is 0. The Balaban J connectivity index is 1.72. The molecule has 0 aliphatic carbocycles. The molecular weight excluding hydrogens is 472 g/mol. The van der Waals surface area contributed by atoms with Crippen LogP contribution in [0.3, 0.4) is 0 Å². The van der Waals surface area contributed by atoms with E-state index < -0.39 is 35.3 Å². The van der Waals surface area contributed by atoms with Crippen molar-refractivity contribution in [2.75, 3.05) is 26.7 Å². The van der Waals surface area contributed by atoms with E-state index in [4.69, 9.17) is 9.47 Å². The van der Waals surface area contributed by atoms with Gasteiger partial charge in [0.15, 0.2) is 0 Å². The van der Waals surface area contributed by atoms with E-state index in [1.165, 1.54) is 7.05 Å². The zero-order chi connectivity index (χ0) is 26.2. The highest BCUT2D eigenvalue weighted by atomic mass is 19.1. The van der Waals surface area contributed by atoms with Crippen LogP contribution in [0.2, 0.25) is 0 Å². The molecule has 4 rings (SSSR count). The summed E-state index contributed by atoms with van der Waals surface area (Å²) in [5, 5.41) is 2.36. The molecule has 3 aromatic rings. The first kappa shape index (κ1) is 25.5. The van der Waals surface area contributed by atoms with Gasteiger partial charge in [-0.05, 0) is 39.8 Å². The molecule has 1 unspecified atom stereocenters. The number of carbonyl (C=O) groups excluding carboxylic acids is 2. The maximum atomic E-state index is 15.2. The fourth-order valence-electron chi connectivity index (χ4n) is 4.11. The minimum atomic E-state index is -0.914. The zero-order valence-electron chi connectivity index (χ0n) is 20.9. The number of nitrogens with zero attached hydrogens (tertiary/aromatic N) is 4. The van der Waals surface area contributed by atoms with Crippen molar-refractivity contribution in [2.45, 2.75) is 45.8 Å². The van der Waals surface area contributed by atoms with Crippen LogP contribution in [0.25, 0.3) is 16.9 Å². The second-order valence-electron chi connectivity index (χ2n) is 9.68. The lowest BCUT2D eigenvalue weighted by molar-refractivity contribution is -0.0418. The van der Waals surface area contributed by atoms with Crippen LogP contribution >= 0.6 is 0 Å². The van der Waals surface area contributed by atoms with Crippen molar-refractivity contribution in [1.29, 1.82) is 0 Å². The van der Waals surface area contributed by atoms with Crippen LogP contribution in [-0.4, -0.2) is 69.7 Å². The first-order valence-corrected chi connectivity index (χ1v) is 11.6. The van der Waals surface area contributed by atoms with Gasteiger partial charge in [0.25, 0.3) is 5.91 Å². The van der Waals surface area contributed by atoms with Gasteiger partial charge in [-0.25, -0.2) is 23.5 Å². The number of fused-ring (bicyclic) bond motifs is 1. The third kappa shape index (κ3) is 5.30. The predicted molar refractivity (Wildman–Crippen MR) is 128 cm³/mol. The first-order chi connectivity index (χ1) is 17.0. The Morgan fingerprint density at radius 1 is 1.22 bits per heavy atom. The molecule has 2 amide bonds. The molecule has 1 N–H and O–H groups in total. The molecule has 1 aliphatic rings. The van der Waals surface area contributed by atoms with Crippen molar-refractivity contribution in [1.82, 2.24) is 24.6 Å². The van der Waals surface area contributed by atoms with Crippen LogP contribution in [0.15, 0.2) is 24.5 Å². The van der Waals surface area contributed by atoms with Crippen molar-refractivity contribution >= 4 is 17.6 Å². The summed E-state index contributed by atoms with van der Waals surface area (Å²) in [6, 6.07) is 3.67. The number of benzene rings is 1. The van der Waals surface area contributed by atoms with Gasteiger partial charge in [0.05, 0.1) is 36.2 Å². The van der Waals surface area contributed by atoms with Crippen molar-refractivity contribution < 1.29 is 27.8 Å². The smallest absolute Gasteiger partial charge is 0.410 e. The third-order valence-corrected chi connectivity index (χ3v) is 5.73. The monoisotopic (exact) mass is 501 g/mol. The number of aromatic nitrogens is 3. The maximum absolute atomic E-state index is 15.2. The van der Waals surface area contributed by atoms with Gasteiger partial charge in [-0.2, -0.15) is 0 Å². The Bertz CT molecular complexity index is 1290. The number of nitrogens with one attached hydrogen (secondary N) is 1. The summed E-state index contributed by atoms with van der Waals surface area (Å²) in [7, 11) is 1.38. The number of morpholine rings is 1. The zero-order valence-corrected chi connectivity index (χ0v) is 20.9. The highest BCUT2D eigenvalue weighted by Gasteiger charge is 2.31. The number of hydrogen-bond acceptors (Lipinski definition) is 6. The number of ether oxygens (including phenoxy) is 2. The molecule has 36 heavy (non-hydrogen) atoms. The average molecular weight is 502 g/mol. The standard InChI is InChI=1S/C25H29F2N5O4/c1-14-8-20-30-22(21-17(26)9-15(10-18(21)27)23(33)28-5)19(32(20)13-29-14)11-16-12-31(6-7-35-16)24(34)36-25(2,3)4/h8-10,13,16H,6-7,11-12H2,1-5H3,(H,28,33). The Labute approximate surface area is 207 Å². The number of hydrogen-bond donors (Lipinski definition) is 1. The third-order valence-electron chi connectivity index (χ3n) is 5.73. The second-order valence-corrected chi connectivity index (χ2v) is 9.68. The minimum Gasteiger partial charge on any atom is -0.444 e. The van der Waals surface area contributed by atoms with E-state index in [1.54, 1.807) is 49.4 Å². The number of imidazole rings is 1. The summed E-state index contributed by atoms with van der Waals surface area (Å²) in [6.07, 6.45) is 0.826. The van der Waals surface area contributed by atoms with Crippen molar-refractivity contribution in [3.8, 4) is 11.3 Å². The summed E-state index contributed by atoms with van der Waals surface area (Å²) in [5.41, 5.74) is 0.575. The van der Waals surface area contributed by atoms with Crippen LogP contribution < -0.4 is 5.32 Å². The number of rotatable bonds is 4. The van der Waals surface area contributed by atoms with Crippen molar-refractivity contribution in [2.24, 2.45) is 0 Å². The van der Waals surface area contributed by atoms with Gasteiger partial charge in [-0.15, -0.1) is 0 Å². The quantitative estimate of drug-likeness (QED) is 0.588. The number of aryl methyl sites for hydroxylation is 1. The van der Waals surface area contributed by atoms with Gasteiger partial charge in [-0.1, -0.05) is 0 Å². The SMILES string of the molecule is CNC(=O)c1cc(F)c(-c2nc3cc(C)ncn3c2CC2CN(C(=O)OC(C)(C)C)CCO2)c(F)c1. The van der Waals surface area contributed by atoms with E-state index in [-0.39, 0.29) is 36.4 Å². The number of amides is 2. The van der Waals surface area contributed by atoms with Crippen LogP contribution in [-0.2, 0) is 15.9 Å². The number of carbonyl (C=O) groups is 2. The summed E-state index contributed by atoms with van der Waals surface area (Å²) in [5.74, 6) is -2.43. The first-order valence-electron chi connectivity index (χ1n) is 11.6. The van der Waals surface area contributed by atoms with Crippen molar-refractivity contribution in [3.63, 3.8) is 0 Å². The van der Waals surface area contributed by atoms with Gasteiger partial charge in [0.2, 0.25) is 0 Å². The van der Waals surface area contributed by atoms with Crippen LogP contribution in [0, 0.1) is 18.6 Å². The maximum Gasteiger partial charge on any atom is 0.410 e. The average Bonchev–Trinajstić information content (AvgIpc) is 3.13. The Morgan fingerprint density at radius 2 is 1.92 bits per heavy atom. The lowest BCUT2D eigenvalue weighted by atomic mass is 10.0. The highest BCUT2D eigenvalue weighted by Crippen LogP contribution is 2.32. The minimum absolute atomic E-state index is 0.0823. The predicted octanol–water partition coefficient (Wildman–Crippen LogP) is 3.52. The molecule has 1 aliphatic heterocycles. The van der Waals surface area contributed by atoms with E-state index in [0.717, 1.165) is 12.1 Å². The molecule has 1 saturated heterocycles. The second kappa shape index (κ2) is 9.81. The summed E-state index contributed by atoms with van der Waals surface area (Å²) in [4.78, 5) is 34.9. The van der Waals surface area contributed by atoms with E-state index in [1.807, 2.05) is 0 Å². The lowest BCUT2D eigenvalue weighted by Gasteiger charge is -2.34. The highest BCUT2D eigenvalue weighted by molar-refractivity contribution is 5.94. The van der Waals surface area contributed by atoms with Gasteiger partial charge in [0, 0.05) is 37.3 Å². The molecule has 0 saturated carbocycles. The van der Waals surface area contributed by atoms with Crippen molar-refractivity contribution in [3.05, 3.63) is 53.1 Å². The van der Waals surface area contributed by atoms with Crippen LogP contribution in [0.1, 0.15) is 42.5 Å². The van der Waals surface area contributed by atoms with Gasteiger partial charge < -0.3 is 19.7 Å². The fraction of sp³-hybridized carbons (Fsp3) is 0.440. The molecule has 0 radical (unpaired) electrons. The number of halogens is 2. The summed E-state index contributed by atoms with van der Waals surface area (Å²) < 4.78 is 43.4. The topological polar surface area (TPSA) is 98.1 Å². The normalized spacial score (nSPS) is 16.3. The van der Waals surface area contributed by atoms with Crippen LogP contribution in [0.5, 0.6) is 0 Å². The molecule has 0 spiro atoms. The van der Waals surface area contributed by atoms with E-state index >= 15 is 8.78 Å². The Kier molecular flexibility index (Phi) is 6.94. The largest absolute Gasteiger partial charge is 0.444 e. The molecule has 11 heteroatoms. The van der Waals surface area contributed by atoms with Gasteiger partial charge in [0.1, 0.15) is 29.2 Å². The lowest BCUT2D eigenvalue weighted by Crippen LogP contribution is -2.48. The Hall–Kier alpha value is -3.60. The molecule has 2 aromatic heterocycles. The fourth-order valence-corrected chi connectivity index (χ4v) is 4.11. The molecular formula is C25H29F2N5O4. The van der Waals surface area contributed by atoms with Gasteiger partial charge >= 0.3 is 6.09 Å². The van der Waals surface area contributed by atoms with E-state index in [0.29, 0.717) is 23.6 Å². The molecule has 1 aromatic carbocycles. The Morgan fingerprint density at radius 3 is 2.56 bits per heavy atom. The van der Waals surface area contributed by atoms with E-state index in [9.17, 15) is 9.59 Å². The molecule has 1 atom stereocenters.